The molecule has 4 N–H and O–H groups in total. The number of nitro groups is 1. The summed E-state index contributed by atoms with van der Waals surface area (Å²) in [6, 6.07) is 6.49. The molecule has 0 amide bonds. The van der Waals surface area contributed by atoms with Crippen molar-refractivity contribution in [3.05, 3.63) is 39.5 Å². The molecule has 0 bridgehead atoms. The number of para-hydroxylation sites is 2. The van der Waals surface area contributed by atoms with Gasteiger partial charge in [-0.2, -0.15) is 4.98 Å². The van der Waals surface area contributed by atoms with E-state index in [9.17, 15) is 10.1 Å². The molecule has 11 heteroatoms. The average Bonchev–Trinajstić information content (AvgIpc) is 2.47. The first-order valence-electron chi connectivity index (χ1n) is 6.06. The molecule has 2 aromatic rings. The van der Waals surface area contributed by atoms with Crippen molar-refractivity contribution in [2.45, 2.75) is 5.16 Å². The van der Waals surface area contributed by atoms with Gasteiger partial charge in [0, 0.05) is 0 Å². The van der Waals surface area contributed by atoms with Gasteiger partial charge in [0.25, 0.3) is 0 Å². The molecule has 0 fully saturated rings. The largest absolute Gasteiger partial charge is 0.431 e. The summed E-state index contributed by atoms with van der Waals surface area (Å²) in [5, 5.41) is 20.9. The number of hydrogen-bond acceptors (Lipinski definition) is 7. The highest BCUT2D eigenvalue weighted by atomic mass is 35.5. The second-order valence-electron chi connectivity index (χ2n) is 4.05. The van der Waals surface area contributed by atoms with Crippen LogP contribution < -0.4 is 15.8 Å². The summed E-state index contributed by atoms with van der Waals surface area (Å²) in [4.78, 5) is 18.3. The van der Waals surface area contributed by atoms with Crippen LogP contribution in [-0.2, 0) is 0 Å². The van der Waals surface area contributed by atoms with E-state index < -0.39 is 10.6 Å². The predicted octanol–water partition coefficient (Wildman–Crippen LogP) is 2.86. The number of ether oxygens (including phenoxy) is 1. The van der Waals surface area contributed by atoms with Gasteiger partial charge in [-0.3, -0.25) is 15.5 Å². The number of nitrogens with two attached hydrogens (primary N) is 1. The standard InChI is InChI=1S/C12H11ClN6O3S/c1-23-12-17-9(13)8(19(20)21)10(18-12)22-7-5-3-2-4-6(7)16-11(14)15/h2-5H,1H3,(H4,14,15,16). The van der Waals surface area contributed by atoms with Crippen molar-refractivity contribution in [2.75, 3.05) is 11.6 Å². The van der Waals surface area contributed by atoms with Crippen molar-refractivity contribution in [3.63, 3.8) is 0 Å². The lowest BCUT2D eigenvalue weighted by molar-refractivity contribution is -0.386. The van der Waals surface area contributed by atoms with Gasteiger partial charge in [-0.05, 0) is 18.4 Å². The van der Waals surface area contributed by atoms with Crippen LogP contribution in [-0.4, -0.2) is 27.1 Å². The van der Waals surface area contributed by atoms with E-state index in [0.29, 0.717) is 5.69 Å². The van der Waals surface area contributed by atoms with Crippen LogP contribution in [0.15, 0.2) is 29.4 Å². The van der Waals surface area contributed by atoms with E-state index in [1.165, 1.54) is 0 Å². The molecule has 0 radical (unpaired) electrons. The molecule has 2 rings (SSSR count). The van der Waals surface area contributed by atoms with E-state index >= 15 is 0 Å². The number of rotatable bonds is 5. The number of anilines is 1. The van der Waals surface area contributed by atoms with E-state index in [4.69, 9.17) is 27.5 Å². The number of hydrogen-bond donors (Lipinski definition) is 3. The average molecular weight is 355 g/mol. The number of benzene rings is 1. The summed E-state index contributed by atoms with van der Waals surface area (Å²) in [6.45, 7) is 0. The third-order valence-electron chi connectivity index (χ3n) is 2.52. The maximum Gasteiger partial charge on any atom is 0.368 e. The Morgan fingerprint density at radius 2 is 2.17 bits per heavy atom. The van der Waals surface area contributed by atoms with Gasteiger partial charge >= 0.3 is 11.6 Å². The highest BCUT2D eigenvalue weighted by Crippen LogP contribution is 2.37. The summed E-state index contributed by atoms with van der Waals surface area (Å²) in [7, 11) is 0. The van der Waals surface area contributed by atoms with Crippen LogP contribution in [0.2, 0.25) is 5.15 Å². The Morgan fingerprint density at radius 3 is 2.78 bits per heavy atom. The van der Waals surface area contributed by atoms with Gasteiger partial charge in [0.1, 0.15) is 0 Å². The van der Waals surface area contributed by atoms with Crippen molar-refractivity contribution in [1.29, 1.82) is 5.41 Å². The molecule has 120 valence electrons. The van der Waals surface area contributed by atoms with Crippen LogP contribution >= 0.6 is 23.4 Å². The Morgan fingerprint density at radius 1 is 1.48 bits per heavy atom. The van der Waals surface area contributed by atoms with Crippen molar-refractivity contribution < 1.29 is 9.66 Å². The molecule has 9 nitrogen and oxygen atoms in total. The van der Waals surface area contributed by atoms with Crippen LogP contribution in [0, 0.1) is 15.5 Å². The predicted molar refractivity (Wildman–Crippen MR) is 87.5 cm³/mol. The number of guanidine groups is 1. The first-order valence-corrected chi connectivity index (χ1v) is 7.66. The fraction of sp³-hybridized carbons (Fsp3) is 0.0833. The van der Waals surface area contributed by atoms with Gasteiger partial charge in [0.05, 0.1) is 10.6 Å². The Balaban J connectivity index is 2.49. The highest BCUT2D eigenvalue weighted by Gasteiger charge is 2.26. The van der Waals surface area contributed by atoms with Gasteiger partial charge < -0.3 is 15.8 Å². The maximum absolute atomic E-state index is 11.2. The molecule has 23 heavy (non-hydrogen) atoms. The zero-order valence-electron chi connectivity index (χ0n) is 11.7. The Bertz CT molecular complexity index is 772. The van der Waals surface area contributed by atoms with E-state index in [1.807, 2.05) is 0 Å². The van der Waals surface area contributed by atoms with Crippen molar-refractivity contribution in [3.8, 4) is 11.6 Å². The van der Waals surface area contributed by atoms with Gasteiger partial charge in [0.15, 0.2) is 16.9 Å². The number of halogens is 1. The zero-order chi connectivity index (χ0) is 17.0. The van der Waals surface area contributed by atoms with E-state index in [0.717, 1.165) is 11.8 Å². The van der Waals surface area contributed by atoms with Crippen molar-refractivity contribution in [2.24, 2.45) is 5.73 Å². The number of nitrogens with zero attached hydrogens (tertiary/aromatic N) is 3. The van der Waals surface area contributed by atoms with Crippen LogP contribution in [0.25, 0.3) is 0 Å². The SMILES string of the molecule is CSc1nc(Cl)c([N+](=O)[O-])c(Oc2ccccc2NC(=N)N)n1. The number of thioether (sulfide) groups is 1. The van der Waals surface area contributed by atoms with Gasteiger partial charge in [0.2, 0.25) is 5.15 Å². The molecule has 0 aliphatic rings. The topological polar surface area (TPSA) is 140 Å². The van der Waals surface area contributed by atoms with Gasteiger partial charge in [-0.1, -0.05) is 35.5 Å². The van der Waals surface area contributed by atoms with Crippen LogP contribution in [0.5, 0.6) is 11.6 Å². The van der Waals surface area contributed by atoms with Gasteiger partial charge in [-0.25, -0.2) is 4.98 Å². The minimum absolute atomic E-state index is 0.201. The molecule has 0 aliphatic heterocycles. The molecule has 0 unspecified atom stereocenters. The first-order chi connectivity index (χ1) is 10.9. The summed E-state index contributed by atoms with van der Waals surface area (Å²) in [5.41, 5.74) is 5.11. The fourth-order valence-electron chi connectivity index (χ4n) is 1.61. The quantitative estimate of drug-likeness (QED) is 0.141. The maximum atomic E-state index is 11.2. The molecule has 0 aliphatic carbocycles. The summed E-state index contributed by atoms with van der Waals surface area (Å²) < 4.78 is 5.52. The normalized spacial score (nSPS) is 10.2. The van der Waals surface area contributed by atoms with Crippen molar-refractivity contribution in [1.82, 2.24) is 9.97 Å². The minimum atomic E-state index is -0.719. The van der Waals surface area contributed by atoms with Crippen molar-refractivity contribution >= 4 is 40.7 Å². The van der Waals surface area contributed by atoms with Crippen LogP contribution in [0.1, 0.15) is 0 Å². The molecule has 1 aromatic heterocycles. The van der Waals surface area contributed by atoms with Gasteiger partial charge in [-0.15, -0.1) is 0 Å². The molecule has 0 spiro atoms. The fourth-order valence-corrected chi connectivity index (χ4v) is 2.25. The summed E-state index contributed by atoms with van der Waals surface area (Å²) in [5.74, 6) is -0.397. The zero-order valence-corrected chi connectivity index (χ0v) is 13.3. The Kier molecular flexibility index (Phi) is 5.19. The smallest absolute Gasteiger partial charge is 0.368 e. The monoisotopic (exact) mass is 354 g/mol. The minimum Gasteiger partial charge on any atom is -0.431 e. The number of nitrogens with one attached hydrogen (secondary N) is 2. The Labute approximate surface area is 139 Å². The third-order valence-corrected chi connectivity index (χ3v) is 3.33. The molecule has 0 atom stereocenters. The van der Waals surface area contributed by atoms with E-state index in [-0.39, 0.29) is 27.9 Å². The highest BCUT2D eigenvalue weighted by molar-refractivity contribution is 7.98. The summed E-state index contributed by atoms with van der Waals surface area (Å²) >= 11 is 7.01. The summed E-state index contributed by atoms with van der Waals surface area (Å²) in [6.07, 6.45) is 1.70. The van der Waals surface area contributed by atoms with Crippen LogP contribution in [0.3, 0.4) is 0 Å². The lowest BCUT2D eigenvalue weighted by Crippen LogP contribution is -2.20. The van der Waals surface area contributed by atoms with Crippen LogP contribution in [0.4, 0.5) is 11.4 Å². The molecular formula is C12H11ClN6O3S. The second-order valence-corrected chi connectivity index (χ2v) is 5.18. The number of aromatic nitrogens is 2. The Hall–Kier alpha value is -2.59. The lowest BCUT2D eigenvalue weighted by atomic mass is 10.3. The van der Waals surface area contributed by atoms with E-state index in [2.05, 4.69) is 15.3 Å². The molecule has 0 saturated carbocycles. The lowest BCUT2D eigenvalue weighted by Gasteiger charge is -2.12. The molecular weight excluding hydrogens is 344 g/mol. The molecule has 0 saturated heterocycles. The molecule has 1 heterocycles. The molecule has 1 aromatic carbocycles. The van der Waals surface area contributed by atoms with E-state index in [1.54, 1.807) is 30.5 Å². The third kappa shape index (κ3) is 3.99. The first kappa shape index (κ1) is 16.8. The second kappa shape index (κ2) is 7.11.